The van der Waals surface area contributed by atoms with Gasteiger partial charge in [0.05, 0.1) is 0 Å². The average molecular weight is 308 g/mol. The van der Waals surface area contributed by atoms with Gasteiger partial charge in [-0.25, -0.2) is 0 Å². The van der Waals surface area contributed by atoms with Crippen molar-refractivity contribution >= 4 is 0 Å². The topological polar surface area (TPSA) is 40.5 Å². The van der Waals surface area contributed by atoms with Crippen LogP contribution in [0.3, 0.4) is 0 Å². The molecule has 120 valence electrons. The number of phenols is 2. The molecule has 0 fully saturated rings. The van der Waals surface area contributed by atoms with Gasteiger partial charge in [0.15, 0.2) is 0 Å². The Balaban J connectivity index is 1.97. The first-order chi connectivity index (χ1) is 11.1. The molecular formula is C21H24O2. The third-order valence-corrected chi connectivity index (χ3v) is 3.95. The van der Waals surface area contributed by atoms with Crippen LogP contribution in [0.5, 0.6) is 11.5 Å². The van der Waals surface area contributed by atoms with Gasteiger partial charge in [0, 0.05) is 0 Å². The molecule has 0 atom stereocenters. The highest BCUT2D eigenvalue weighted by Gasteiger charge is 2.04. The fourth-order valence-corrected chi connectivity index (χ4v) is 2.72. The standard InChI is InChI=1S/C21H24O2/c1-3-6-18-14-16(10-12-20(18)22)8-5-9-17-11-13-21(23)19(15-17)7-4-2/h3-4,10-15,22-23H,1-2,5-9H2. The number of aromatic hydroxyl groups is 2. The quantitative estimate of drug-likeness (QED) is 0.692. The minimum atomic E-state index is 0.334. The predicted octanol–water partition coefficient (Wildman–Crippen LogP) is 4.73. The van der Waals surface area contributed by atoms with E-state index in [0.717, 1.165) is 30.4 Å². The summed E-state index contributed by atoms with van der Waals surface area (Å²) in [5.41, 5.74) is 4.31. The maximum atomic E-state index is 9.80. The van der Waals surface area contributed by atoms with E-state index in [-0.39, 0.29) is 0 Å². The maximum Gasteiger partial charge on any atom is 0.119 e. The average Bonchev–Trinajstić information content (AvgIpc) is 2.54. The highest BCUT2D eigenvalue weighted by Crippen LogP contribution is 2.22. The van der Waals surface area contributed by atoms with Crippen molar-refractivity contribution in [3.05, 3.63) is 84.0 Å². The van der Waals surface area contributed by atoms with Crippen LogP contribution in [0.4, 0.5) is 0 Å². The Hall–Kier alpha value is -2.48. The molecule has 0 saturated carbocycles. The zero-order chi connectivity index (χ0) is 16.7. The van der Waals surface area contributed by atoms with Gasteiger partial charge in [-0.05, 0) is 66.5 Å². The van der Waals surface area contributed by atoms with E-state index < -0.39 is 0 Å². The zero-order valence-corrected chi connectivity index (χ0v) is 13.5. The monoisotopic (exact) mass is 308 g/mol. The molecule has 2 rings (SSSR count). The lowest BCUT2D eigenvalue weighted by Crippen LogP contribution is -1.93. The van der Waals surface area contributed by atoms with E-state index in [1.54, 1.807) is 24.3 Å². The van der Waals surface area contributed by atoms with Crippen molar-refractivity contribution in [2.75, 3.05) is 0 Å². The third kappa shape index (κ3) is 4.75. The van der Waals surface area contributed by atoms with Gasteiger partial charge < -0.3 is 10.2 Å². The Morgan fingerprint density at radius 3 is 1.57 bits per heavy atom. The maximum absolute atomic E-state index is 9.80. The van der Waals surface area contributed by atoms with Crippen molar-refractivity contribution in [2.24, 2.45) is 0 Å². The van der Waals surface area contributed by atoms with Crippen LogP contribution in [0.15, 0.2) is 61.7 Å². The number of hydrogen-bond acceptors (Lipinski definition) is 2. The van der Waals surface area contributed by atoms with E-state index in [4.69, 9.17) is 0 Å². The Morgan fingerprint density at radius 1 is 0.739 bits per heavy atom. The summed E-state index contributed by atoms with van der Waals surface area (Å²) in [7, 11) is 0. The molecule has 0 radical (unpaired) electrons. The van der Waals surface area contributed by atoms with Crippen LogP contribution in [0.2, 0.25) is 0 Å². The Bertz CT molecular complexity index is 627. The summed E-state index contributed by atoms with van der Waals surface area (Å²) < 4.78 is 0. The van der Waals surface area contributed by atoms with Crippen molar-refractivity contribution in [3.63, 3.8) is 0 Å². The smallest absolute Gasteiger partial charge is 0.119 e. The molecule has 2 N–H and O–H groups in total. The molecule has 0 amide bonds. The number of rotatable bonds is 8. The molecule has 0 bridgehead atoms. The number of allylic oxidation sites excluding steroid dienone is 2. The van der Waals surface area contributed by atoms with Crippen molar-refractivity contribution in [1.82, 2.24) is 0 Å². The molecule has 0 unspecified atom stereocenters. The lowest BCUT2D eigenvalue weighted by molar-refractivity contribution is 0.469. The lowest BCUT2D eigenvalue weighted by Gasteiger charge is -2.08. The summed E-state index contributed by atoms with van der Waals surface area (Å²) in [6, 6.07) is 11.6. The summed E-state index contributed by atoms with van der Waals surface area (Å²) in [5, 5.41) is 19.6. The molecule has 0 aliphatic rings. The predicted molar refractivity (Wildman–Crippen MR) is 96.0 cm³/mol. The number of benzene rings is 2. The number of hydrogen-bond donors (Lipinski definition) is 2. The minimum Gasteiger partial charge on any atom is -0.508 e. The molecule has 0 aliphatic heterocycles. The van der Waals surface area contributed by atoms with Crippen molar-refractivity contribution < 1.29 is 10.2 Å². The number of phenolic OH excluding ortho intramolecular Hbond substituents is 2. The van der Waals surface area contributed by atoms with Crippen LogP contribution in [0, 0.1) is 0 Å². The summed E-state index contributed by atoms with van der Waals surface area (Å²) in [4.78, 5) is 0. The summed E-state index contributed by atoms with van der Waals surface area (Å²) in [6.07, 6.45) is 7.92. The van der Waals surface area contributed by atoms with Crippen LogP contribution in [0.1, 0.15) is 28.7 Å². The largest absolute Gasteiger partial charge is 0.508 e. The molecule has 2 aromatic rings. The first-order valence-electron chi connectivity index (χ1n) is 7.97. The highest BCUT2D eigenvalue weighted by atomic mass is 16.3. The van der Waals surface area contributed by atoms with E-state index in [1.165, 1.54) is 11.1 Å². The van der Waals surface area contributed by atoms with Gasteiger partial charge in [0.2, 0.25) is 0 Å². The first-order valence-corrected chi connectivity index (χ1v) is 7.97. The fraction of sp³-hybridized carbons (Fsp3) is 0.238. The number of aryl methyl sites for hydroxylation is 2. The molecule has 2 nitrogen and oxygen atoms in total. The van der Waals surface area contributed by atoms with Gasteiger partial charge in [-0.2, -0.15) is 0 Å². The van der Waals surface area contributed by atoms with E-state index in [0.29, 0.717) is 24.3 Å². The van der Waals surface area contributed by atoms with E-state index in [2.05, 4.69) is 25.3 Å². The molecular weight excluding hydrogens is 284 g/mol. The molecule has 0 aromatic heterocycles. The molecule has 0 saturated heterocycles. The van der Waals surface area contributed by atoms with Crippen LogP contribution >= 0.6 is 0 Å². The second-order valence-corrected chi connectivity index (χ2v) is 5.77. The van der Waals surface area contributed by atoms with E-state index >= 15 is 0 Å². The van der Waals surface area contributed by atoms with Crippen molar-refractivity contribution in [2.45, 2.75) is 32.1 Å². The third-order valence-electron chi connectivity index (χ3n) is 3.95. The van der Waals surface area contributed by atoms with Crippen LogP contribution in [-0.2, 0) is 25.7 Å². The Labute approximate surface area is 138 Å². The van der Waals surface area contributed by atoms with Gasteiger partial charge in [0.1, 0.15) is 11.5 Å². The van der Waals surface area contributed by atoms with E-state index in [9.17, 15) is 10.2 Å². The van der Waals surface area contributed by atoms with Crippen molar-refractivity contribution in [1.29, 1.82) is 0 Å². The van der Waals surface area contributed by atoms with Crippen LogP contribution in [0.25, 0.3) is 0 Å². The Kier molecular flexibility index (Phi) is 6.04. The fourth-order valence-electron chi connectivity index (χ4n) is 2.72. The zero-order valence-electron chi connectivity index (χ0n) is 13.5. The normalized spacial score (nSPS) is 10.4. The van der Waals surface area contributed by atoms with Gasteiger partial charge in [0.25, 0.3) is 0 Å². The van der Waals surface area contributed by atoms with Crippen molar-refractivity contribution in [3.8, 4) is 11.5 Å². The molecule has 2 heteroatoms. The second kappa shape index (κ2) is 8.23. The van der Waals surface area contributed by atoms with Crippen LogP contribution < -0.4 is 0 Å². The van der Waals surface area contributed by atoms with Gasteiger partial charge in [-0.3, -0.25) is 0 Å². The Morgan fingerprint density at radius 2 is 1.17 bits per heavy atom. The van der Waals surface area contributed by atoms with Crippen LogP contribution in [-0.4, -0.2) is 10.2 Å². The SMILES string of the molecule is C=CCc1cc(CCCc2ccc(O)c(CC=C)c2)ccc1O. The molecule has 0 heterocycles. The van der Waals surface area contributed by atoms with Gasteiger partial charge in [-0.15, -0.1) is 13.2 Å². The first kappa shape index (κ1) is 16.9. The minimum absolute atomic E-state index is 0.334. The molecule has 0 spiro atoms. The van der Waals surface area contributed by atoms with Gasteiger partial charge >= 0.3 is 0 Å². The van der Waals surface area contributed by atoms with E-state index in [1.807, 2.05) is 12.1 Å². The molecule has 0 aliphatic carbocycles. The molecule has 23 heavy (non-hydrogen) atoms. The lowest BCUT2D eigenvalue weighted by atomic mass is 9.99. The second-order valence-electron chi connectivity index (χ2n) is 5.77. The summed E-state index contributed by atoms with van der Waals surface area (Å²) in [5.74, 6) is 0.669. The van der Waals surface area contributed by atoms with Gasteiger partial charge in [-0.1, -0.05) is 36.4 Å². The highest BCUT2D eigenvalue weighted by molar-refractivity contribution is 5.38. The summed E-state index contributed by atoms with van der Waals surface area (Å²) >= 11 is 0. The summed E-state index contributed by atoms with van der Waals surface area (Å²) in [6.45, 7) is 7.44. The molecule has 2 aromatic carbocycles.